The third-order valence-electron chi connectivity index (χ3n) is 6.65. The summed E-state index contributed by atoms with van der Waals surface area (Å²) in [6.45, 7) is 2.87. The largest absolute Gasteiger partial charge is 0.462 e. The van der Waals surface area contributed by atoms with Gasteiger partial charge in [-0.2, -0.15) is 0 Å². The first-order valence-corrected chi connectivity index (χ1v) is 16.2. The molecule has 214 valence electrons. The standard InChI is InChI=1S/C29H31N5O4S3/c1-2-38-28(37)25-20-11-6-7-12-21(20)41-27(25)31-24(35)18-40-29-33-32-23(17-30-26(36)22-13-8-16-39-22)34(29)15-14-19-9-4-3-5-10-19/h3-5,8-10,13,16H,2,6-7,11-12,14-15,17-18H2,1H3,(H,30,36)(H,31,35). The molecule has 3 aromatic heterocycles. The summed E-state index contributed by atoms with van der Waals surface area (Å²) in [5, 5.41) is 17.6. The number of anilines is 1. The normalized spacial score (nSPS) is 12.5. The molecule has 2 N–H and O–H groups in total. The Bertz CT molecular complexity index is 1500. The van der Waals surface area contributed by atoms with Crippen LogP contribution >= 0.6 is 34.4 Å². The third-order valence-corrected chi connectivity index (χ3v) is 9.69. The molecule has 0 spiro atoms. The van der Waals surface area contributed by atoms with E-state index in [-0.39, 0.29) is 36.7 Å². The van der Waals surface area contributed by atoms with Gasteiger partial charge in [-0.25, -0.2) is 4.79 Å². The number of ether oxygens (including phenoxy) is 1. The molecule has 1 aromatic carbocycles. The second-order valence-corrected chi connectivity index (χ2v) is 12.4. The maximum absolute atomic E-state index is 13.1. The summed E-state index contributed by atoms with van der Waals surface area (Å²) in [5.41, 5.74) is 2.67. The molecule has 41 heavy (non-hydrogen) atoms. The van der Waals surface area contributed by atoms with Crippen LogP contribution in [0.15, 0.2) is 53.0 Å². The van der Waals surface area contributed by atoms with Crippen molar-refractivity contribution >= 4 is 57.2 Å². The van der Waals surface area contributed by atoms with Gasteiger partial charge < -0.3 is 19.9 Å². The fraction of sp³-hybridized carbons (Fsp3) is 0.345. The number of thiophene rings is 2. The zero-order valence-corrected chi connectivity index (χ0v) is 25.1. The molecule has 0 radical (unpaired) electrons. The van der Waals surface area contributed by atoms with Crippen molar-refractivity contribution in [3.8, 4) is 0 Å². The molecule has 0 saturated heterocycles. The Balaban J connectivity index is 1.28. The van der Waals surface area contributed by atoms with Crippen LogP contribution in [0, 0.1) is 0 Å². The molecule has 0 fully saturated rings. The van der Waals surface area contributed by atoms with Gasteiger partial charge in [-0.3, -0.25) is 9.59 Å². The number of carbonyl (C=O) groups is 3. The van der Waals surface area contributed by atoms with E-state index in [0.29, 0.717) is 33.0 Å². The number of nitrogens with one attached hydrogen (secondary N) is 2. The van der Waals surface area contributed by atoms with Crippen LogP contribution in [0.5, 0.6) is 0 Å². The number of amides is 2. The number of esters is 1. The lowest BCUT2D eigenvalue weighted by molar-refractivity contribution is -0.113. The van der Waals surface area contributed by atoms with Gasteiger partial charge in [0.05, 0.1) is 29.3 Å². The van der Waals surface area contributed by atoms with Crippen molar-refractivity contribution in [3.05, 3.63) is 80.1 Å². The number of aryl methyl sites for hydroxylation is 2. The van der Waals surface area contributed by atoms with Gasteiger partial charge in [0.25, 0.3) is 5.91 Å². The van der Waals surface area contributed by atoms with Crippen molar-refractivity contribution < 1.29 is 19.1 Å². The Morgan fingerprint density at radius 2 is 1.90 bits per heavy atom. The van der Waals surface area contributed by atoms with Crippen molar-refractivity contribution in [2.75, 3.05) is 17.7 Å². The summed E-state index contributed by atoms with van der Waals surface area (Å²) in [5.74, 6) is -0.0730. The van der Waals surface area contributed by atoms with Crippen LogP contribution in [0.4, 0.5) is 5.00 Å². The maximum Gasteiger partial charge on any atom is 0.341 e. The first kappa shape index (κ1) is 29.0. The lowest BCUT2D eigenvalue weighted by Gasteiger charge is -2.12. The average Bonchev–Trinajstić information content (AvgIpc) is 3.73. The summed E-state index contributed by atoms with van der Waals surface area (Å²) >= 11 is 4.13. The van der Waals surface area contributed by atoms with Crippen molar-refractivity contribution in [1.82, 2.24) is 20.1 Å². The lowest BCUT2D eigenvalue weighted by Crippen LogP contribution is -2.24. The molecular weight excluding hydrogens is 579 g/mol. The fourth-order valence-corrected chi connectivity index (χ4v) is 7.40. The molecule has 0 atom stereocenters. The molecule has 3 heterocycles. The highest BCUT2D eigenvalue weighted by molar-refractivity contribution is 7.99. The van der Waals surface area contributed by atoms with E-state index in [9.17, 15) is 14.4 Å². The second-order valence-electron chi connectivity index (χ2n) is 9.42. The highest BCUT2D eigenvalue weighted by atomic mass is 32.2. The summed E-state index contributed by atoms with van der Waals surface area (Å²) in [6, 6.07) is 13.7. The van der Waals surface area contributed by atoms with Gasteiger partial charge in [0, 0.05) is 11.4 Å². The van der Waals surface area contributed by atoms with E-state index >= 15 is 0 Å². The topological polar surface area (TPSA) is 115 Å². The lowest BCUT2D eigenvalue weighted by atomic mass is 9.95. The highest BCUT2D eigenvalue weighted by Gasteiger charge is 2.27. The minimum Gasteiger partial charge on any atom is -0.462 e. The SMILES string of the molecule is CCOC(=O)c1c(NC(=O)CSc2nnc(CNC(=O)c3cccs3)n2CCc2ccccc2)sc2c1CCCC2. The van der Waals surface area contributed by atoms with E-state index in [1.807, 2.05) is 34.2 Å². The van der Waals surface area contributed by atoms with Crippen molar-refractivity contribution in [2.45, 2.75) is 57.3 Å². The predicted octanol–water partition coefficient (Wildman–Crippen LogP) is 5.36. The number of nitrogens with zero attached hydrogens (tertiary/aromatic N) is 3. The minimum absolute atomic E-state index is 0.0931. The van der Waals surface area contributed by atoms with E-state index in [2.05, 4.69) is 33.0 Å². The number of thioether (sulfide) groups is 1. The molecule has 4 aromatic rings. The Morgan fingerprint density at radius 1 is 1.07 bits per heavy atom. The van der Waals surface area contributed by atoms with Crippen LogP contribution in [0.2, 0.25) is 0 Å². The van der Waals surface area contributed by atoms with Crippen LogP contribution in [0.1, 0.15) is 61.6 Å². The van der Waals surface area contributed by atoms with Gasteiger partial charge >= 0.3 is 5.97 Å². The van der Waals surface area contributed by atoms with Gasteiger partial charge in [0.2, 0.25) is 5.91 Å². The van der Waals surface area contributed by atoms with Gasteiger partial charge in [0.15, 0.2) is 11.0 Å². The quantitative estimate of drug-likeness (QED) is 0.164. The highest BCUT2D eigenvalue weighted by Crippen LogP contribution is 2.38. The molecule has 5 rings (SSSR count). The predicted molar refractivity (Wildman–Crippen MR) is 162 cm³/mol. The molecule has 12 heteroatoms. The smallest absolute Gasteiger partial charge is 0.341 e. The van der Waals surface area contributed by atoms with E-state index in [4.69, 9.17) is 4.74 Å². The Kier molecular flexibility index (Phi) is 9.86. The molecule has 1 aliphatic rings. The van der Waals surface area contributed by atoms with Crippen LogP contribution in [-0.4, -0.2) is 44.9 Å². The van der Waals surface area contributed by atoms with E-state index < -0.39 is 0 Å². The van der Waals surface area contributed by atoms with Crippen LogP contribution in [0.25, 0.3) is 0 Å². The van der Waals surface area contributed by atoms with E-state index in [0.717, 1.165) is 48.1 Å². The monoisotopic (exact) mass is 609 g/mol. The molecule has 0 saturated carbocycles. The van der Waals surface area contributed by atoms with Crippen molar-refractivity contribution in [2.24, 2.45) is 0 Å². The molecule has 9 nitrogen and oxygen atoms in total. The van der Waals surface area contributed by atoms with Gasteiger partial charge in [-0.1, -0.05) is 48.2 Å². The first-order valence-electron chi connectivity index (χ1n) is 13.6. The second kappa shape index (κ2) is 13.9. The summed E-state index contributed by atoms with van der Waals surface area (Å²) < 4.78 is 7.26. The number of benzene rings is 1. The summed E-state index contributed by atoms with van der Waals surface area (Å²) in [7, 11) is 0. The van der Waals surface area contributed by atoms with Gasteiger partial charge in [-0.05, 0) is 61.6 Å². The third kappa shape index (κ3) is 7.24. The number of rotatable bonds is 12. The minimum atomic E-state index is -0.384. The summed E-state index contributed by atoms with van der Waals surface area (Å²) in [4.78, 5) is 40.1. The molecular formula is C29H31N5O4S3. The summed E-state index contributed by atoms with van der Waals surface area (Å²) in [6.07, 6.45) is 4.57. The van der Waals surface area contributed by atoms with Gasteiger partial charge in [0.1, 0.15) is 5.00 Å². The Morgan fingerprint density at radius 3 is 2.68 bits per heavy atom. The fourth-order valence-electron chi connectivity index (χ4n) is 4.69. The molecule has 0 aliphatic heterocycles. The van der Waals surface area contributed by atoms with Crippen LogP contribution < -0.4 is 10.6 Å². The molecule has 1 aliphatic carbocycles. The van der Waals surface area contributed by atoms with Crippen molar-refractivity contribution in [1.29, 1.82) is 0 Å². The zero-order chi connectivity index (χ0) is 28.6. The Labute approximate surface area is 250 Å². The number of carbonyl (C=O) groups excluding carboxylic acids is 3. The van der Waals surface area contributed by atoms with Crippen LogP contribution in [-0.2, 0) is 41.9 Å². The number of hydrogen-bond acceptors (Lipinski definition) is 9. The zero-order valence-electron chi connectivity index (χ0n) is 22.7. The molecule has 0 bridgehead atoms. The average molecular weight is 610 g/mol. The van der Waals surface area contributed by atoms with Gasteiger partial charge in [-0.15, -0.1) is 32.9 Å². The maximum atomic E-state index is 13.1. The van der Waals surface area contributed by atoms with Crippen LogP contribution in [0.3, 0.4) is 0 Å². The van der Waals surface area contributed by atoms with E-state index in [1.165, 1.54) is 34.4 Å². The molecule has 0 unspecified atom stereocenters. The molecule has 2 amide bonds. The number of aromatic nitrogens is 3. The number of fused-ring (bicyclic) bond motifs is 1. The Hall–Kier alpha value is -3.48. The first-order chi connectivity index (χ1) is 20.0. The van der Waals surface area contributed by atoms with E-state index in [1.54, 1.807) is 13.0 Å². The number of hydrogen-bond donors (Lipinski definition) is 2. The van der Waals surface area contributed by atoms with Crippen molar-refractivity contribution in [3.63, 3.8) is 0 Å².